The van der Waals surface area contributed by atoms with Gasteiger partial charge in [0.15, 0.2) is 5.69 Å². The van der Waals surface area contributed by atoms with Gasteiger partial charge >= 0.3 is 0 Å². The first-order valence-corrected chi connectivity index (χ1v) is 4.66. The van der Waals surface area contributed by atoms with E-state index < -0.39 is 5.23 Å². The second-order valence-electron chi connectivity index (χ2n) is 2.98. The Labute approximate surface area is 97.4 Å². The van der Waals surface area contributed by atoms with Gasteiger partial charge < -0.3 is 5.21 Å². The number of rotatable bonds is 3. The lowest BCUT2D eigenvalue weighted by atomic mass is 10.2. The Kier molecular flexibility index (Phi) is 5.04. The molecule has 0 aromatic heterocycles. The largest absolute Gasteiger partial charge is 0.595 e. The number of quaternary nitrogens is 1. The van der Waals surface area contributed by atoms with Gasteiger partial charge in [0.05, 0.1) is 6.21 Å². The van der Waals surface area contributed by atoms with Gasteiger partial charge in [0.25, 0.3) is 0 Å². The first-order valence-electron chi connectivity index (χ1n) is 4.66. The van der Waals surface area contributed by atoms with Crippen LogP contribution in [0.4, 0.5) is 5.69 Å². The summed E-state index contributed by atoms with van der Waals surface area (Å²) in [6.45, 7) is 0. The predicted octanol–water partition coefficient (Wildman–Crippen LogP) is -1.02. The number of hydroxylamine groups is 1. The standard InChI is InChI=1S/C9H13N5O3/c1-10-9(13-15)12-11-6-7-3-2-4-8(5-7)14(16)17/h2-6,14-16H,1H3,(H2,10,12,13)/b11-6+. The van der Waals surface area contributed by atoms with Crippen molar-refractivity contribution in [3.05, 3.63) is 35.0 Å². The minimum atomic E-state index is -0.999. The molecule has 1 aromatic rings. The number of aliphatic imine (C=N–C) groups is 1. The molecule has 0 fully saturated rings. The zero-order chi connectivity index (χ0) is 12.7. The number of hydrogen-bond acceptors (Lipinski definition) is 5. The lowest BCUT2D eigenvalue weighted by Crippen LogP contribution is -2.99. The highest BCUT2D eigenvalue weighted by atomic mass is 16.8. The molecular formula is C9H13N5O3. The molecule has 0 heterocycles. The highest BCUT2D eigenvalue weighted by molar-refractivity contribution is 5.83. The smallest absolute Gasteiger partial charge is 0.236 e. The van der Waals surface area contributed by atoms with Crippen molar-refractivity contribution in [1.82, 2.24) is 10.9 Å². The third-order valence-electron chi connectivity index (χ3n) is 1.85. The fraction of sp³-hybridized carbons (Fsp3) is 0.111. The van der Waals surface area contributed by atoms with Crippen LogP contribution < -0.4 is 16.1 Å². The van der Waals surface area contributed by atoms with Gasteiger partial charge in [0.1, 0.15) is 0 Å². The summed E-state index contributed by atoms with van der Waals surface area (Å²) in [5, 5.41) is 30.8. The summed E-state index contributed by atoms with van der Waals surface area (Å²) in [6.07, 6.45) is 1.41. The molecule has 1 rings (SSSR count). The van der Waals surface area contributed by atoms with Crippen LogP contribution in [0.3, 0.4) is 0 Å². The first kappa shape index (κ1) is 13.1. The molecule has 0 aliphatic heterocycles. The van der Waals surface area contributed by atoms with Gasteiger partial charge in [-0.05, 0) is 0 Å². The van der Waals surface area contributed by atoms with Crippen LogP contribution in [0, 0.1) is 5.21 Å². The molecule has 0 saturated carbocycles. The van der Waals surface area contributed by atoms with Gasteiger partial charge in [-0.25, -0.2) is 16.1 Å². The Morgan fingerprint density at radius 3 is 2.88 bits per heavy atom. The Morgan fingerprint density at radius 1 is 1.53 bits per heavy atom. The molecule has 0 amide bonds. The highest BCUT2D eigenvalue weighted by Gasteiger charge is 1.99. The summed E-state index contributed by atoms with van der Waals surface area (Å²) in [4.78, 5) is 3.62. The molecular weight excluding hydrogens is 226 g/mol. The minimum Gasteiger partial charge on any atom is -0.595 e. The lowest BCUT2D eigenvalue weighted by molar-refractivity contribution is -0.991. The summed E-state index contributed by atoms with van der Waals surface area (Å²) in [5.41, 5.74) is 5.02. The van der Waals surface area contributed by atoms with E-state index in [-0.39, 0.29) is 11.6 Å². The Morgan fingerprint density at radius 2 is 2.29 bits per heavy atom. The van der Waals surface area contributed by atoms with E-state index in [4.69, 9.17) is 10.4 Å². The average molecular weight is 239 g/mol. The van der Waals surface area contributed by atoms with Gasteiger partial charge in [-0.1, -0.05) is 12.1 Å². The van der Waals surface area contributed by atoms with E-state index in [1.54, 1.807) is 17.6 Å². The molecule has 0 aliphatic carbocycles. The molecule has 0 aliphatic rings. The highest BCUT2D eigenvalue weighted by Crippen LogP contribution is 2.03. The van der Waals surface area contributed by atoms with Gasteiger partial charge in [-0.3, -0.25) is 10.2 Å². The summed E-state index contributed by atoms with van der Waals surface area (Å²) in [6, 6.07) is 6.28. The number of hydrazone groups is 1. The first-order chi connectivity index (χ1) is 8.17. The van der Waals surface area contributed by atoms with Crippen molar-refractivity contribution < 1.29 is 15.6 Å². The Hall–Kier alpha value is -2.00. The fourth-order valence-corrected chi connectivity index (χ4v) is 1.04. The summed E-state index contributed by atoms with van der Waals surface area (Å²) in [7, 11) is 1.46. The van der Waals surface area contributed by atoms with Crippen LogP contribution in [-0.4, -0.2) is 29.6 Å². The van der Waals surface area contributed by atoms with Crippen LogP contribution in [0.1, 0.15) is 5.56 Å². The van der Waals surface area contributed by atoms with E-state index in [0.29, 0.717) is 5.56 Å². The van der Waals surface area contributed by atoms with Gasteiger partial charge in [0.2, 0.25) is 5.96 Å². The number of nitrogens with zero attached hydrogens (tertiary/aromatic N) is 2. The van der Waals surface area contributed by atoms with Gasteiger partial charge in [-0.2, -0.15) is 10.3 Å². The number of guanidine groups is 1. The lowest BCUT2D eigenvalue weighted by Gasteiger charge is -2.11. The second-order valence-corrected chi connectivity index (χ2v) is 2.98. The van der Waals surface area contributed by atoms with Crippen LogP contribution in [0.25, 0.3) is 0 Å². The minimum absolute atomic E-state index is 0.0793. The van der Waals surface area contributed by atoms with Gasteiger partial charge in [0, 0.05) is 24.7 Å². The van der Waals surface area contributed by atoms with Crippen LogP contribution in [0.5, 0.6) is 0 Å². The van der Waals surface area contributed by atoms with Crippen LogP contribution in [0.15, 0.2) is 34.4 Å². The molecule has 0 saturated heterocycles. The van der Waals surface area contributed by atoms with E-state index >= 15 is 0 Å². The molecule has 0 radical (unpaired) electrons. The molecule has 17 heavy (non-hydrogen) atoms. The summed E-state index contributed by atoms with van der Waals surface area (Å²) in [5.74, 6) is 0.0793. The summed E-state index contributed by atoms with van der Waals surface area (Å²) >= 11 is 0. The van der Waals surface area contributed by atoms with E-state index in [0.717, 1.165) is 0 Å². The second kappa shape index (κ2) is 6.55. The SMILES string of the molecule is CN=C(NO)N/N=C/c1cccc([NH+]([O-])O)c1. The predicted molar refractivity (Wildman–Crippen MR) is 61.2 cm³/mol. The third-order valence-corrected chi connectivity index (χ3v) is 1.85. The molecule has 1 aromatic carbocycles. The van der Waals surface area contributed by atoms with Crippen molar-refractivity contribution in [1.29, 1.82) is 0 Å². The van der Waals surface area contributed by atoms with Crippen molar-refractivity contribution in [3.8, 4) is 0 Å². The molecule has 8 nitrogen and oxygen atoms in total. The van der Waals surface area contributed by atoms with E-state index in [1.807, 2.05) is 0 Å². The third kappa shape index (κ3) is 4.17. The van der Waals surface area contributed by atoms with E-state index in [1.165, 1.54) is 25.4 Å². The van der Waals surface area contributed by atoms with Crippen molar-refractivity contribution in [2.75, 3.05) is 7.05 Å². The van der Waals surface area contributed by atoms with E-state index in [2.05, 4.69) is 15.5 Å². The average Bonchev–Trinajstić information content (AvgIpc) is 2.35. The number of hydrogen-bond donors (Lipinski definition) is 5. The monoisotopic (exact) mass is 239 g/mol. The maximum atomic E-state index is 10.7. The van der Waals surface area contributed by atoms with Crippen molar-refractivity contribution >= 4 is 17.9 Å². The normalized spacial score (nSPS) is 13.8. The summed E-state index contributed by atoms with van der Waals surface area (Å²) < 4.78 is 0. The fourth-order valence-electron chi connectivity index (χ4n) is 1.04. The molecule has 1 atom stereocenters. The van der Waals surface area contributed by atoms with Crippen LogP contribution >= 0.6 is 0 Å². The van der Waals surface area contributed by atoms with Gasteiger partial charge in [-0.15, -0.1) is 0 Å². The molecule has 1 unspecified atom stereocenters. The van der Waals surface area contributed by atoms with Crippen molar-refractivity contribution in [2.24, 2.45) is 10.1 Å². The topological polar surface area (TPSA) is 117 Å². The quantitative estimate of drug-likeness (QED) is 0.263. The maximum Gasteiger partial charge on any atom is 0.236 e. The Bertz CT molecular complexity index is 419. The molecule has 5 N–H and O–H groups in total. The van der Waals surface area contributed by atoms with Crippen molar-refractivity contribution in [3.63, 3.8) is 0 Å². The maximum absolute atomic E-state index is 10.7. The van der Waals surface area contributed by atoms with Crippen LogP contribution in [0.2, 0.25) is 0 Å². The molecule has 8 heteroatoms. The Balaban J connectivity index is 2.68. The van der Waals surface area contributed by atoms with Crippen molar-refractivity contribution in [2.45, 2.75) is 0 Å². The van der Waals surface area contributed by atoms with Crippen LogP contribution in [-0.2, 0) is 0 Å². The zero-order valence-corrected chi connectivity index (χ0v) is 9.08. The number of benzene rings is 1. The zero-order valence-electron chi connectivity index (χ0n) is 9.08. The van der Waals surface area contributed by atoms with E-state index in [9.17, 15) is 5.21 Å². The molecule has 0 bridgehead atoms. The molecule has 0 spiro atoms. The molecule has 92 valence electrons. The number of nitrogens with one attached hydrogen (secondary N) is 3.